The lowest BCUT2D eigenvalue weighted by molar-refractivity contribution is -0.107. The maximum Gasteiger partial charge on any atom is 0.387 e. The Morgan fingerprint density at radius 2 is 2.18 bits per heavy atom. The highest BCUT2D eigenvalue weighted by Gasteiger charge is 2.11. The summed E-state index contributed by atoms with van der Waals surface area (Å²) in [5, 5.41) is 0. The highest BCUT2D eigenvalue weighted by molar-refractivity contribution is 5.51. The van der Waals surface area contributed by atoms with Crippen molar-refractivity contribution in [1.82, 2.24) is 0 Å². The average molecular weight is 244 g/mol. The van der Waals surface area contributed by atoms with Crippen LogP contribution in [0, 0.1) is 0 Å². The summed E-state index contributed by atoms with van der Waals surface area (Å²) in [4.78, 5) is 10.3. The molecule has 0 bridgehead atoms. The molecule has 0 saturated carbocycles. The van der Waals surface area contributed by atoms with Crippen molar-refractivity contribution in [3.63, 3.8) is 0 Å². The molecule has 0 N–H and O–H groups in total. The number of halogens is 2. The quantitative estimate of drug-likeness (QED) is 0.692. The van der Waals surface area contributed by atoms with E-state index in [1.807, 2.05) is 0 Å². The van der Waals surface area contributed by atoms with Crippen molar-refractivity contribution < 1.29 is 23.0 Å². The first-order valence-electron chi connectivity index (χ1n) is 5.31. The van der Waals surface area contributed by atoms with Gasteiger partial charge in [0.15, 0.2) is 0 Å². The first-order chi connectivity index (χ1) is 8.17. The van der Waals surface area contributed by atoms with Crippen LogP contribution in [0.4, 0.5) is 8.78 Å². The second-order valence-corrected chi connectivity index (χ2v) is 3.29. The van der Waals surface area contributed by atoms with Gasteiger partial charge >= 0.3 is 6.61 Å². The molecule has 0 aliphatic heterocycles. The monoisotopic (exact) mass is 244 g/mol. The summed E-state index contributed by atoms with van der Waals surface area (Å²) < 4.78 is 34.0. The molecule has 17 heavy (non-hydrogen) atoms. The zero-order chi connectivity index (χ0) is 12.7. The van der Waals surface area contributed by atoms with Crippen LogP contribution in [-0.4, -0.2) is 19.5 Å². The smallest absolute Gasteiger partial charge is 0.387 e. The Kier molecular flexibility index (Phi) is 5.39. The highest BCUT2D eigenvalue weighted by atomic mass is 19.3. The zero-order valence-electron chi connectivity index (χ0n) is 9.49. The molecule has 3 nitrogen and oxygen atoms in total. The Bertz CT molecular complexity index is 367. The number of aryl methyl sites for hydroxylation is 1. The summed E-state index contributed by atoms with van der Waals surface area (Å²) in [7, 11) is 0. The Morgan fingerprint density at radius 3 is 2.76 bits per heavy atom. The minimum absolute atomic E-state index is 0.0628. The summed E-state index contributed by atoms with van der Waals surface area (Å²) in [5.41, 5.74) is 0.570. The second kappa shape index (κ2) is 6.83. The summed E-state index contributed by atoms with van der Waals surface area (Å²) in [5.74, 6) is 0.533. The van der Waals surface area contributed by atoms with Crippen molar-refractivity contribution in [3.05, 3.63) is 23.8 Å². The molecule has 5 heteroatoms. The third-order valence-electron chi connectivity index (χ3n) is 2.10. The molecule has 0 heterocycles. The van der Waals surface area contributed by atoms with E-state index in [1.54, 1.807) is 19.1 Å². The molecule has 0 aromatic heterocycles. The van der Waals surface area contributed by atoms with Crippen molar-refractivity contribution in [2.75, 3.05) is 6.61 Å². The van der Waals surface area contributed by atoms with Crippen molar-refractivity contribution in [2.45, 2.75) is 26.4 Å². The minimum Gasteiger partial charge on any atom is -0.494 e. The van der Waals surface area contributed by atoms with Crippen LogP contribution in [-0.2, 0) is 11.2 Å². The van der Waals surface area contributed by atoms with E-state index in [4.69, 9.17) is 4.74 Å². The standard InChI is InChI=1S/C12H14F2O3/c1-2-16-10-6-5-9(4-3-7-15)11(8-10)17-12(13)14/h5-8,12H,2-4H2,1H3. The molecule has 94 valence electrons. The topological polar surface area (TPSA) is 35.5 Å². The van der Waals surface area contributed by atoms with Crippen LogP contribution in [0.25, 0.3) is 0 Å². The predicted molar refractivity (Wildman–Crippen MR) is 58.6 cm³/mol. The van der Waals surface area contributed by atoms with Crippen LogP contribution in [0.15, 0.2) is 18.2 Å². The molecule has 0 aliphatic carbocycles. The number of hydrogen-bond acceptors (Lipinski definition) is 3. The molecule has 0 radical (unpaired) electrons. The summed E-state index contributed by atoms with van der Waals surface area (Å²) >= 11 is 0. The van der Waals surface area contributed by atoms with E-state index in [-0.39, 0.29) is 12.2 Å². The van der Waals surface area contributed by atoms with Gasteiger partial charge in [-0.1, -0.05) is 6.07 Å². The van der Waals surface area contributed by atoms with E-state index in [2.05, 4.69) is 4.74 Å². The first-order valence-corrected chi connectivity index (χ1v) is 5.31. The third kappa shape index (κ3) is 4.38. The van der Waals surface area contributed by atoms with Crippen LogP contribution >= 0.6 is 0 Å². The number of benzene rings is 1. The number of hydrogen-bond donors (Lipinski definition) is 0. The van der Waals surface area contributed by atoms with Crippen LogP contribution in [0.2, 0.25) is 0 Å². The fourth-order valence-corrected chi connectivity index (χ4v) is 1.42. The summed E-state index contributed by atoms with van der Waals surface area (Å²) in [6.07, 6.45) is 1.38. The van der Waals surface area contributed by atoms with Crippen molar-refractivity contribution in [2.24, 2.45) is 0 Å². The van der Waals surface area contributed by atoms with Gasteiger partial charge in [0.25, 0.3) is 0 Å². The minimum atomic E-state index is -2.89. The number of alkyl halides is 2. The second-order valence-electron chi connectivity index (χ2n) is 3.29. The SMILES string of the molecule is CCOc1ccc(CCC=O)c(OC(F)F)c1. The molecule has 1 rings (SSSR count). The van der Waals surface area contributed by atoms with Crippen molar-refractivity contribution >= 4 is 6.29 Å². The maximum atomic E-state index is 12.2. The Balaban J connectivity index is 2.89. The fourth-order valence-electron chi connectivity index (χ4n) is 1.42. The maximum absolute atomic E-state index is 12.2. The average Bonchev–Trinajstić information content (AvgIpc) is 2.28. The van der Waals surface area contributed by atoms with Crippen LogP contribution in [0.1, 0.15) is 18.9 Å². The van der Waals surface area contributed by atoms with E-state index in [1.165, 1.54) is 6.07 Å². The molecule has 0 atom stereocenters. The van der Waals surface area contributed by atoms with Gasteiger partial charge in [0.05, 0.1) is 6.61 Å². The molecule has 1 aromatic rings. The van der Waals surface area contributed by atoms with Gasteiger partial charge in [0.2, 0.25) is 0 Å². The van der Waals surface area contributed by atoms with Gasteiger partial charge in [0.1, 0.15) is 17.8 Å². The van der Waals surface area contributed by atoms with Crippen molar-refractivity contribution in [1.29, 1.82) is 0 Å². The van der Waals surface area contributed by atoms with Crippen LogP contribution in [0.5, 0.6) is 11.5 Å². The molecule has 1 aromatic carbocycles. The predicted octanol–water partition coefficient (Wildman–Crippen LogP) is 2.82. The summed E-state index contributed by atoms with van der Waals surface area (Å²) in [6, 6.07) is 4.71. The lowest BCUT2D eigenvalue weighted by Gasteiger charge is -2.12. The zero-order valence-corrected chi connectivity index (χ0v) is 9.49. The number of ether oxygens (including phenoxy) is 2. The van der Waals surface area contributed by atoms with E-state index in [9.17, 15) is 13.6 Å². The molecule has 0 saturated heterocycles. The molecule has 0 spiro atoms. The Labute approximate surface area is 98.3 Å². The van der Waals surface area contributed by atoms with Crippen LogP contribution < -0.4 is 9.47 Å². The molecular weight excluding hydrogens is 230 g/mol. The number of carbonyl (C=O) groups is 1. The van der Waals surface area contributed by atoms with Gasteiger partial charge in [-0.05, 0) is 25.0 Å². The lowest BCUT2D eigenvalue weighted by atomic mass is 10.1. The number of carbonyl (C=O) groups excluding carboxylic acids is 1. The normalized spacial score (nSPS) is 10.4. The Hall–Kier alpha value is -1.65. The van der Waals surface area contributed by atoms with Crippen molar-refractivity contribution in [3.8, 4) is 11.5 Å². The highest BCUT2D eigenvalue weighted by Crippen LogP contribution is 2.27. The van der Waals surface area contributed by atoms with Gasteiger partial charge in [-0.3, -0.25) is 0 Å². The molecule has 0 aliphatic rings. The molecule has 0 amide bonds. The number of rotatable bonds is 7. The number of aldehydes is 1. The van der Waals surface area contributed by atoms with Gasteiger partial charge in [-0.25, -0.2) is 0 Å². The van der Waals surface area contributed by atoms with E-state index in [0.29, 0.717) is 24.3 Å². The largest absolute Gasteiger partial charge is 0.494 e. The fraction of sp³-hybridized carbons (Fsp3) is 0.417. The lowest BCUT2D eigenvalue weighted by Crippen LogP contribution is -2.05. The molecule has 0 unspecified atom stereocenters. The van der Waals surface area contributed by atoms with Gasteiger partial charge in [0, 0.05) is 12.5 Å². The van der Waals surface area contributed by atoms with Gasteiger partial charge in [-0.15, -0.1) is 0 Å². The van der Waals surface area contributed by atoms with Gasteiger partial charge < -0.3 is 14.3 Å². The van der Waals surface area contributed by atoms with E-state index in [0.717, 1.165) is 6.29 Å². The first kappa shape index (κ1) is 13.4. The molecular formula is C12H14F2O3. The third-order valence-corrected chi connectivity index (χ3v) is 2.10. The summed E-state index contributed by atoms with van der Waals surface area (Å²) in [6.45, 7) is -0.641. The van der Waals surface area contributed by atoms with E-state index >= 15 is 0 Å². The van der Waals surface area contributed by atoms with E-state index < -0.39 is 6.61 Å². The Morgan fingerprint density at radius 1 is 1.41 bits per heavy atom. The van der Waals surface area contributed by atoms with Gasteiger partial charge in [-0.2, -0.15) is 8.78 Å². The molecule has 0 fully saturated rings. The van der Waals surface area contributed by atoms with Crippen LogP contribution in [0.3, 0.4) is 0 Å².